The van der Waals surface area contributed by atoms with Gasteiger partial charge in [-0.15, -0.1) is 0 Å². The van der Waals surface area contributed by atoms with Crippen LogP contribution in [0, 0.1) is 5.41 Å². The first-order chi connectivity index (χ1) is 6.77. The van der Waals surface area contributed by atoms with Crippen molar-refractivity contribution in [2.45, 2.75) is 0 Å². The molecule has 2 aromatic rings. The molecule has 6 heteroatoms. The molecule has 2 aromatic heterocycles. The van der Waals surface area contributed by atoms with Crippen LogP contribution in [0.3, 0.4) is 0 Å². The molecule has 0 radical (unpaired) electrons. The third-order valence-corrected chi connectivity index (χ3v) is 1.66. The van der Waals surface area contributed by atoms with E-state index in [1.807, 2.05) is 0 Å². The average molecular weight is 188 g/mol. The molecule has 0 saturated carbocycles. The van der Waals surface area contributed by atoms with E-state index in [0.29, 0.717) is 11.5 Å². The molecule has 0 spiro atoms. The minimum atomic E-state index is -0.0630. The largest absolute Gasteiger partial charge is 0.382 e. The van der Waals surface area contributed by atoms with E-state index in [9.17, 15) is 0 Å². The predicted octanol–water partition coefficient (Wildman–Crippen LogP) is -0.0536. The third-order valence-electron chi connectivity index (χ3n) is 1.66. The topological polar surface area (TPSA) is 93.5 Å². The van der Waals surface area contributed by atoms with Crippen molar-refractivity contribution >= 4 is 5.84 Å². The van der Waals surface area contributed by atoms with Crippen LogP contribution >= 0.6 is 0 Å². The van der Waals surface area contributed by atoms with Crippen molar-refractivity contribution in [1.82, 2.24) is 19.7 Å². The molecule has 2 heterocycles. The Kier molecular flexibility index (Phi) is 1.94. The summed E-state index contributed by atoms with van der Waals surface area (Å²) in [5.74, 6) is 0.530. The zero-order valence-electron chi connectivity index (χ0n) is 7.25. The van der Waals surface area contributed by atoms with Gasteiger partial charge in [0.05, 0.1) is 0 Å². The van der Waals surface area contributed by atoms with Gasteiger partial charge in [0.2, 0.25) is 0 Å². The minimum absolute atomic E-state index is 0.0630. The lowest BCUT2D eigenvalue weighted by Gasteiger charge is -2.01. The molecule has 0 amide bonds. The van der Waals surface area contributed by atoms with E-state index in [1.54, 1.807) is 18.2 Å². The Morgan fingerprint density at radius 2 is 2.29 bits per heavy atom. The molecular weight excluding hydrogens is 180 g/mol. The van der Waals surface area contributed by atoms with Gasteiger partial charge in [0.1, 0.15) is 24.2 Å². The van der Waals surface area contributed by atoms with E-state index in [2.05, 4.69) is 15.1 Å². The molecule has 0 aliphatic rings. The fourth-order valence-electron chi connectivity index (χ4n) is 1.03. The number of amidine groups is 1. The molecule has 3 N–H and O–H groups in total. The Morgan fingerprint density at radius 3 is 2.93 bits per heavy atom. The number of nitrogens with zero attached hydrogens (tertiary/aromatic N) is 4. The summed E-state index contributed by atoms with van der Waals surface area (Å²) in [6.45, 7) is 0. The van der Waals surface area contributed by atoms with Gasteiger partial charge in [-0.1, -0.05) is 6.07 Å². The Morgan fingerprint density at radius 1 is 1.43 bits per heavy atom. The fourth-order valence-corrected chi connectivity index (χ4v) is 1.03. The standard InChI is InChI=1S/C8H8N6/c9-8(10)6-2-1-3-7(13-6)14-5-11-4-12-14/h1-5H,(H3,9,10). The lowest BCUT2D eigenvalue weighted by atomic mass is 10.3. The lowest BCUT2D eigenvalue weighted by Crippen LogP contribution is -2.14. The van der Waals surface area contributed by atoms with E-state index < -0.39 is 0 Å². The monoisotopic (exact) mass is 188 g/mol. The number of nitrogens with one attached hydrogen (secondary N) is 1. The van der Waals surface area contributed by atoms with Crippen molar-refractivity contribution < 1.29 is 0 Å². The van der Waals surface area contributed by atoms with E-state index in [-0.39, 0.29) is 5.84 Å². The molecule has 6 nitrogen and oxygen atoms in total. The highest BCUT2D eigenvalue weighted by atomic mass is 15.3. The first kappa shape index (κ1) is 8.36. The fraction of sp³-hybridized carbons (Fsp3) is 0. The molecule has 2 rings (SSSR count). The van der Waals surface area contributed by atoms with Gasteiger partial charge < -0.3 is 5.73 Å². The zero-order valence-corrected chi connectivity index (χ0v) is 7.25. The Labute approximate surface area is 79.9 Å². The quantitative estimate of drug-likeness (QED) is 0.510. The van der Waals surface area contributed by atoms with Crippen LogP contribution in [-0.2, 0) is 0 Å². The molecule has 14 heavy (non-hydrogen) atoms. The smallest absolute Gasteiger partial charge is 0.155 e. The van der Waals surface area contributed by atoms with Crippen molar-refractivity contribution in [3.05, 3.63) is 36.5 Å². The van der Waals surface area contributed by atoms with Crippen LogP contribution in [0.4, 0.5) is 0 Å². The molecule has 0 aromatic carbocycles. The van der Waals surface area contributed by atoms with Crippen LogP contribution in [0.1, 0.15) is 5.69 Å². The third kappa shape index (κ3) is 1.45. The van der Waals surface area contributed by atoms with Gasteiger partial charge in [0, 0.05) is 0 Å². The van der Waals surface area contributed by atoms with Crippen LogP contribution in [-0.4, -0.2) is 25.6 Å². The highest BCUT2D eigenvalue weighted by Crippen LogP contribution is 2.02. The Balaban J connectivity index is 2.46. The maximum Gasteiger partial charge on any atom is 0.155 e. The first-order valence-electron chi connectivity index (χ1n) is 3.94. The minimum Gasteiger partial charge on any atom is -0.382 e. The molecular formula is C8H8N6. The van der Waals surface area contributed by atoms with Crippen LogP contribution in [0.2, 0.25) is 0 Å². The summed E-state index contributed by atoms with van der Waals surface area (Å²) in [6.07, 6.45) is 2.95. The van der Waals surface area contributed by atoms with E-state index in [4.69, 9.17) is 11.1 Å². The Bertz CT molecular complexity index is 447. The zero-order chi connectivity index (χ0) is 9.97. The van der Waals surface area contributed by atoms with Crippen molar-refractivity contribution in [3.8, 4) is 5.82 Å². The van der Waals surface area contributed by atoms with Gasteiger partial charge in [0.15, 0.2) is 5.82 Å². The molecule has 0 aliphatic heterocycles. The SMILES string of the molecule is N=C(N)c1cccc(-n2cncn2)n1. The predicted molar refractivity (Wildman–Crippen MR) is 50.2 cm³/mol. The van der Waals surface area contributed by atoms with Gasteiger partial charge in [0.25, 0.3) is 0 Å². The summed E-state index contributed by atoms with van der Waals surface area (Å²) < 4.78 is 1.51. The van der Waals surface area contributed by atoms with E-state index in [0.717, 1.165) is 0 Å². The number of nitrogens with two attached hydrogens (primary N) is 1. The van der Waals surface area contributed by atoms with Gasteiger partial charge in [-0.05, 0) is 12.1 Å². The second-order valence-electron chi connectivity index (χ2n) is 2.63. The average Bonchev–Trinajstić information content (AvgIpc) is 2.71. The highest BCUT2D eigenvalue weighted by Gasteiger charge is 2.01. The van der Waals surface area contributed by atoms with Crippen molar-refractivity contribution in [2.75, 3.05) is 0 Å². The molecule has 0 fully saturated rings. The molecule has 0 unspecified atom stereocenters. The van der Waals surface area contributed by atoms with Crippen LogP contribution in [0.25, 0.3) is 5.82 Å². The summed E-state index contributed by atoms with van der Waals surface area (Å²) in [6, 6.07) is 5.20. The van der Waals surface area contributed by atoms with Crippen molar-refractivity contribution in [1.29, 1.82) is 5.41 Å². The van der Waals surface area contributed by atoms with Crippen LogP contribution < -0.4 is 5.73 Å². The summed E-state index contributed by atoms with van der Waals surface area (Å²) in [4.78, 5) is 7.93. The molecule has 70 valence electrons. The summed E-state index contributed by atoms with van der Waals surface area (Å²) >= 11 is 0. The number of pyridine rings is 1. The molecule has 0 saturated heterocycles. The van der Waals surface area contributed by atoms with Gasteiger partial charge in [-0.3, -0.25) is 5.41 Å². The Hall–Kier alpha value is -2.24. The lowest BCUT2D eigenvalue weighted by molar-refractivity contribution is 0.843. The summed E-state index contributed by atoms with van der Waals surface area (Å²) in [7, 11) is 0. The second-order valence-corrected chi connectivity index (χ2v) is 2.63. The van der Waals surface area contributed by atoms with Crippen molar-refractivity contribution in [3.63, 3.8) is 0 Å². The normalized spacial score (nSPS) is 10.0. The van der Waals surface area contributed by atoms with Crippen LogP contribution in [0.5, 0.6) is 0 Å². The second kappa shape index (κ2) is 3.25. The number of nitrogen functional groups attached to an aromatic ring is 1. The molecule has 0 aliphatic carbocycles. The summed E-state index contributed by atoms with van der Waals surface area (Å²) in [5, 5.41) is 11.1. The van der Waals surface area contributed by atoms with Gasteiger partial charge in [-0.25, -0.2) is 14.6 Å². The van der Waals surface area contributed by atoms with Crippen molar-refractivity contribution in [2.24, 2.45) is 5.73 Å². The number of aromatic nitrogens is 4. The number of hydrogen-bond donors (Lipinski definition) is 2. The highest BCUT2D eigenvalue weighted by molar-refractivity contribution is 5.93. The number of rotatable bonds is 2. The van der Waals surface area contributed by atoms with Crippen LogP contribution in [0.15, 0.2) is 30.9 Å². The molecule has 0 atom stereocenters. The molecule has 0 bridgehead atoms. The maximum absolute atomic E-state index is 7.23. The number of hydrogen-bond acceptors (Lipinski definition) is 4. The van der Waals surface area contributed by atoms with E-state index >= 15 is 0 Å². The summed E-state index contributed by atoms with van der Waals surface area (Å²) in [5.41, 5.74) is 5.74. The maximum atomic E-state index is 7.23. The van der Waals surface area contributed by atoms with Gasteiger partial charge >= 0.3 is 0 Å². The van der Waals surface area contributed by atoms with Gasteiger partial charge in [-0.2, -0.15) is 5.10 Å². The van der Waals surface area contributed by atoms with E-state index in [1.165, 1.54) is 17.3 Å². The first-order valence-corrected chi connectivity index (χ1v) is 3.94.